The van der Waals surface area contributed by atoms with Gasteiger partial charge in [-0.15, -0.1) is 0 Å². The predicted molar refractivity (Wildman–Crippen MR) is 83.1 cm³/mol. The van der Waals surface area contributed by atoms with E-state index in [4.69, 9.17) is 11.6 Å². The van der Waals surface area contributed by atoms with Crippen molar-refractivity contribution in [3.05, 3.63) is 58.6 Å². The highest BCUT2D eigenvalue weighted by molar-refractivity contribution is 7.22. The minimum absolute atomic E-state index is 0.735. The van der Waals surface area contributed by atoms with E-state index in [-0.39, 0.29) is 0 Å². The quantitative estimate of drug-likeness (QED) is 0.744. The molecule has 0 aliphatic rings. The zero-order chi connectivity index (χ0) is 13.2. The van der Waals surface area contributed by atoms with Crippen LogP contribution in [0.4, 0.5) is 5.13 Å². The van der Waals surface area contributed by atoms with Gasteiger partial charge in [0.25, 0.3) is 0 Å². The summed E-state index contributed by atoms with van der Waals surface area (Å²) in [6.45, 7) is 2.83. The molecule has 1 aromatic heterocycles. The standard InChI is InChI=1S/C15H13ClN2S/c1-10-5-6-13-14(7-10)19-15(18-13)17-9-11-3-2-4-12(16)8-11/h2-8H,9H2,1H3,(H,17,18). The van der Waals surface area contributed by atoms with Gasteiger partial charge in [0.2, 0.25) is 0 Å². The van der Waals surface area contributed by atoms with Crippen molar-refractivity contribution in [1.29, 1.82) is 0 Å². The molecular formula is C15H13ClN2S. The fourth-order valence-corrected chi connectivity index (χ4v) is 3.10. The number of halogens is 1. The van der Waals surface area contributed by atoms with Crippen LogP contribution in [0.3, 0.4) is 0 Å². The highest BCUT2D eigenvalue weighted by Crippen LogP contribution is 2.27. The monoisotopic (exact) mass is 288 g/mol. The van der Waals surface area contributed by atoms with Crippen LogP contribution in [0.2, 0.25) is 5.02 Å². The van der Waals surface area contributed by atoms with Gasteiger partial charge in [0.15, 0.2) is 5.13 Å². The van der Waals surface area contributed by atoms with E-state index in [1.165, 1.54) is 10.3 Å². The highest BCUT2D eigenvalue weighted by atomic mass is 35.5. The van der Waals surface area contributed by atoms with Crippen molar-refractivity contribution in [2.24, 2.45) is 0 Å². The van der Waals surface area contributed by atoms with Gasteiger partial charge in [0, 0.05) is 11.6 Å². The van der Waals surface area contributed by atoms with Crippen LogP contribution >= 0.6 is 22.9 Å². The third-order valence-electron chi connectivity index (χ3n) is 2.88. The van der Waals surface area contributed by atoms with Crippen molar-refractivity contribution < 1.29 is 0 Å². The molecule has 1 heterocycles. The average Bonchev–Trinajstić information content (AvgIpc) is 2.78. The molecule has 1 N–H and O–H groups in total. The molecule has 0 saturated heterocycles. The van der Waals surface area contributed by atoms with Gasteiger partial charge in [-0.05, 0) is 42.3 Å². The number of hydrogen-bond donors (Lipinski definition) is 1. The van der Waals surface area contributed by atoms with Crippen molar-refractivity contribution in [2.75, 3.05) is 5.32 Å². The van der Waals surface area contributed by atoms with Crippen molar-refractivity contribution in [3.63, 3.8) is 0 Å². The predicted octanol–water partition coefficient (Wildman–Crippen LogP) is 4.87. The summed E-state index contributed by atoms with van der Waals surface area (Å²) >= 11 is 7.65. The molecule has 0 saturated carbocycles. The van der Waals surface area contributed by atoms with Gasteiger partial charge in [-0.3, -0.25) is 0 Å². The number of hydrogen-bond acceptors (Lipinski definition) is 3. The number of benzene rings is 2. The number of anilines is 1. The molecule has 0 fully saturated rings. The Morgan fingerprint density at radius 2 is 2.11 bits per heavy atom. The topological polar surface area (TPSA) is 24.9 Å². The zero-order valence-corrected chi connectivity index (χ0v) is 12.1. The first-order chi connectivity index (χ1) is 9.20. The minimum Gasteiger partial charge on any atom is -0.357 e. The van der Waals surface area contributed by atoms with Crippen molar-refractivity contribution in [2.45, 2.75) is 13.5 Å². The molecule has 19 heavy (non-hydrogen) atoms. The van der Waals surface area contributed by atoms with E-state index in [0.717, 1.165) is 27.8 Å². The van der Waals surface area contributed by atoms with Crippen molar-refractivity contribution >= 4 is 38.3 Å². The Morgan fingerprint density at radius 1 is 1.21 bits per heavy atom. The van der Waals surface area contributed by atoms with Crippen LogP contribution in [0.1, 0.15) is 11.1 Å². The number of nitrogens with zero attached hydrogens (tertiary/aromatic N) is 1. The molecule has 4 heteroatoms. The normalized spacial score (nSPS) is 10.8. The molecule has 3 aromatic rings. The maximum Gasteiger partial charge on any atom is 0.184 e. The third kappa shape index (κ3) is 2.88. The number of aromatic nitrogens is 1. The molecular weight excluding hydrogens is 276 g/mol. The summed E-state index contributed by atoms with van der Waals surface area (Å²) in [4.78, 5) is 4.57. The van der Waals surface area contributed by atoms with E-state index in [9.17, 15) is 0 Å². The largest absolute Gasteiger partial charge is 0.357 e. The Labute approximate surface area is 121 Å². The summed E-state index contributed by atoms with van der Waals surface area (Å²) in [7, 11) is 0. The fraction of sp³-hybridized carbons (Fsp3) is 0.133. The Kier molecular flexibility index (Phi) is 3.40. The summed E-state index contributed by atoms with van der Waals surface area (Å²) in [5.41, 5.74) is 3.46. The summed E-state index contributed by atoms with van der Waals surface area (Å²) in [5.74, 6) is 0. The number of rotatable bonds is 3. The second-order valence-electron chi connectivity index (χ2n) is 4.47. The fourth-order valence-electron chi connectivity index (χ4n) is 1.93. The molecule has 2 nitrogen and oxygen atoms in total. The van der Waals surface area contributed by atoms with E-state index in [1.54, 1.807) is 11.3 Å². The Bertz CT molecular complexity index is 721. The van der Waals surface area contributed by atoms with E-state index in [1.807, 2.05) is 18.2 Å². The van der Waals surface area contributed by atoms with Crippen molar-refractivity contribution in [1.82, 2.24) is 4.98 Å². The summed E-state index contributed by atoms with van der Waals surface area (Å²) in [6.07, 6.45) is 0. The number of nitrogens with one attached hydrogen (secondary N) is 1. The van der Waals surface area contributed by atoms with Crippen LogP contribution < -0.4 is 5.32 Å². The van der Waals surface area contributed by atoms with Crippen LogP contribution in [-0.4, -0.2) is 4.98 Å². The first-order valence-corrected chi connectivity index (χ1v) is 7.26. The molecule has 0 radical (unpaired) electrons. The average molecular weight is 289 g/mol. The molecule has 0 bridgehead atoms. The lowest BCUT2D eigenvalue weighted by Gasteiger charge is -2.02. The van der Waals surface area contributed by atoms with E-state index >= 15 is 0 Å². The lowest BCUT2D eigenvalue weighted by atomic mass is 10.2. The van der Waals surface area contributed by atoms with Crippen LogP contribution in [0.25, 0.3) is 10.2 Å². The molecule has 2 aromatic carbocycles. The van der Waals surface area contributed by atoms with E-state index < -0.39 is 0 Å². The SMILES string of the molecule is Cc1ccc2nc(NCc3cccc(Cl)c3)sc2c1. The third-order valence-corrected chi connectivity index (χ3v) is 4.09. The molecule has 0 aliphatic carbocycles. The maximum absolute atomic E-state index is 5.97. The van der Waals surface area contributed by atoms with Crippen molar-refractivity contribution in [3.8, 4) is 0 Å². The van der Waals surface area contributed by atoms with E-state index in [2.05, 4.69) is 41.5 Å². The summed E-state index contributed by atoms with van der Waals surface area (Å²) in [6, 6.07) is 14.2. The Hall–Kier alpha value is -1.58. The van der Waals surface area contributed by atoms with Gasteiger partial charge in [0.05, 0.1) is 10.2 Å². The van der Waals surface area contributed by atoms with Crippen LogP contribution in [0.5, 0.6) is 0 Å². The summed E-state index contributed by atoms with van der Waals surface area (Å²) in [5, 5.41) is 5.05. The molecule has 3 rings (SSSR count). The van der Waals surface area contributed by atoms with Gasteiger partial charge in [0.1, 0.15) is 0 Å². The van der Waals surface area contributed by atoms with Crippen LogP contribution in [-0.2, 0) is 6.54 Å². The lowest BCUT2D eigenvalue weighted by Crippen LogP contribution is -1.98. The van der Waals surface area contributed by atoms with Gasteiger partial charge in [-0.1, -0.05) is 41.1 Å². The molecule has 96 valence electrons. The van der Waals surface area contributed by atoms with Crippen LogP contribution in [0.15, 0.2) is 42.5 Å². The van der Waals surface area contributed by atoms with Gasteiger partial charge in [-0.2, -0.15) is 0 Å². The Morgan fingerprint density at radius 3 is 2.95 bits per heavy atom. The minimum atomic E-state index is 0.735. The van der Waals surface area contributed by atoms with Crippen LogP contribution in [0, 0.1) is 6.92 Å². The molecule has 0 aliphatic heterocycles. The summed E-state index contributed by atoms with van der Waals surface area (Å²) < 4.78 is 1.22. The molecule has 0 amide bonds. The van der Waals surface area contributed by atoms with Gasteiger partial charge >= 0.3 is 0 Å². The zero-order valence-electron chi connectivity index (χ0n) is 10.5. The van der Waals surface area contributed by atoms with E-state index in [0.29, 0.717) is 0 Å². The number of fused-ring (bicyclic) bond motifs is 1. The second kappa shape index (κ2) is 5.19. The molecule has 0 spiro atoms. The molecule has 0 unspecified atom stereocenters. The smallest absolute Gasteiger partial charge is 0.184 e. The second-order valence-corrected chi connectivity index (χ2v) is 5.94. The van der Waals surface area contributed by atoms with Gasteiger partial charge < -0.3 is 5.32 Å². The highest BCUT2D eigenvalue weighted by Gasteiger charge is 2.03. The lowest BCUT2D eigenvalue weighted by molar-refractivity contribution is 1.14. The Balaban J connectivity index is 1.78. The molecule has 0 atom stereocenters. The first-order valence-electron chi connectivity index (χ1n) is 6.06. The first kappa shape index (κ1) is 12.5. The van der Waals surface area contributed by atoms with Gasteiger partial charge in [-0.25, -0.2) is 4.98 Å². The maximum atomic E-state index is 5.97. The number of thiazole rings is 1. The number of aryl methyl sites for hydroxylation is 1.